The molecule has 98 valence electrons. The molecule has 0 bridgehead atoms. The van der Waals surface area contributed by atoms with Crippen LogP contribution in [0.3, 0.4) is 0 Å². The van der Waals surface area contributed by atoms with Gasteiger partial charge >= 0.3 is 12.1 Å². The van der Waals surface area contributed by atoms with Gasteiger partial charge in [-0.15, -0.1) is 0 Å². The standard InChI is InChI=1S/C11H10ClF3N2O/c1-6(16)4-10(17)18-7-2-3-9(12)8(5-7)11(13,14)15/h2-5,17H,16H2,1H3/p+1/b6-4-,17-10?. The van der Waals surface area contributed by atoms with Crippen molar-refractivity contribution in [2.75, 3.05) is 0 Å². The highest BCUT2D eigenvalue weighted by Gasteiger charge is 2.33. The van der Waals surface area contributed by atoms with Crippen molar-refractivity contribution in [1.29, 1.82) is 0 Å². The molecule has 1 aromatic carbocycles. The van der Waals surface area contributed by atoms with Crippen molar-refractivity contribution in [3.63, 3.8) is 0 Å². The minimum atomic E-state index is -4.55. The first-order valence-corrected chi connectivity index (χ1v) is 5.18. The predicted molar refractivity (Wildman–Crippen MR) is 62.0 cm³/mol. The van der Waals surface area contributed by atoms with E-state index in [1.807, 2.05) is 0 Å². The Labute approximate surface area is 107 Å². The van der Waals surface area contributed by atoms with Gasteiger partial charge in [0, 0.05) is 5.70 Å². The molecule has 0 unspecified atom stereocenters. The third-order valence-electron chi connectivity index (χ3n) is 1.85. The van der Waals surface area contributed by atoms with Crippen molar-refractivity contribution in [3.05, 3.63) is 40.6 Å². The molecule has 0 fully saturated rings. The maximum atomic E-state index is 12.6. The van der Waals surface area contributed by atoms with E-state index in [0.717, 1.165) is 12.1 Å². The third kappa shape index (κ3) is 3.96. The molecule has 1 aromatic rings. The summed E-state index contributed by atoms with van der Waals surface area (Å²) >= 11 is 5.46. The summed E-state index contributed by atoms with van der Waals surface area (Å²) in [5.74, 6) is -0.174. The minimum Gasteiger partial charge on any atom is -0.406 e. The highest BCUT2D eigenvalue weighted by atomic mass is 35.5. The average Bonchev–Trinajstić information content (AvgIpc) is 2.17. The predicted octanol–water partition coefficient (Wildman–Crippen LogP) is 1.76. The fourth-order valence-electron chi connectivity index (χ4n) is 1.18. The monoisotopic (exact) mass is 279 g/mol. The minimum absolute atomic E-state index is 0.0678. The third-order valence-corrected chi connectivity index (χ3v) is 2.18. The Morgan fingerprint density at radius 2 is 2.06 bits per heavy atom. The van der Waals surface area contributed by atoms with Gasteiger partial charge in [0.25, 0.3) is 0 Å². The lowest BCUT2D eigenvalue weighted by atomic mass is 10.2. The largest absolute Gasteiger partial charge is 0.417 e. The number of hydrogen-bond acceptors (Lipinski definition) is 2. The van der Waals surface area contributed by atoms with Crippen LogP contribution in [0.25, 0.3) is 0 Å². The summed E-state index contributed by atoms with van der Waals surface area (Å²) in [6.45, 7) is 1.57. The van der Waals surface area contributed by atoms with Crippen LogP contribution in [0.1, 0.15) is 12.5 Å². The van der Waals surface area contributed by atoms with E-state index in [4.69, 9.17) is 27.5 Å². The summed E-state index contributed by atoms with van der Waals surface area (Å²) in [4.78, 5) is 0. The number of benzene rings is 1. The zero-order chi connectivity index (χ0) is 13.9. The Bertz CT molecular complexity index is 494. The number of halogens is 4. The highest BCUT2D eigenvalue weighted by molar-refractivity contribution is 6.31. The van der Waals surface area contributed by atoms with Gasteiger partial charge in [-0.2, -0.15) is 13.2 Å². The first-order valence-electron chi connectivity index (χ1n) is 4.81. The Kier molecular flexibility index (Phi) is 4.24. The summed E-state index contributed by atoms with van der Waals surface area (Å²) in [5, 5.41) is 5.02. The molecule has 0 aliphatic rings. The molecule has 0 aliphatic heterocycles. The van der Waals surface area contributed by atoms with E-state index in [1.54, 1.807) is 6.92 Å². The Morgan fingerprint density at radius 1 is 1.44 bits per heavy atom. The van der Waals surface area contributed by atoms with E-state index in [2.05, 4.69) is 0 Å². The zero-order valence-corrected chi connectivity index (χ0v) is 10.1. The first kappa shape index (κ1) is 14.4. The number of alkyl halides is 3. The molecule has 0 saturated carbocycles. The van der Waals surface area contributed by atoms with Crippen LogP contribution in [0.15, 0.2) is 30.0 Å². The summed E-state index contributed by atoms with van der Waals surface area (Å²) in [5.41, 5.74) is 4.74. The van der Waals surface area contributed by atoms with Crippen LogP contribution in [0.2, 0.25) is 5.02 Å². The van der Waals surface area contributed by atoms with Crippen LogP contribution >= 0.6 is 11.6 Å². The molecule has 7 heteroatoms. The molecule has 0 heterocycles. The lowest BCUT2D eigenvalue weighted by molar-refractivity contribution is -0.138. The summed E-state index contributed by atoms with van der Waals surface area (Å²) in [6.07, 6.45) is -3.26. The number of hydrogen-bond donors (Lipinski definition) is 2. The fourth-order valence-corrected chi connectivity index (χ4v) is 1.40. The lowest BCUT2D eigenvalue weighted by Crippen LogP contribution is -2.42. The smallest absolute Gasteiger partial charge is 0.406 e. The van der Waals surface area contributed by atoms with E-state index in [9.17, 15) is 13.2 Å². The van der Waals surface area contributed by atoms with Crippen LogP contribution in [0.5, 0.6) is 5.75 Å². The van der Waals surface area contributed by atoms with Gasteiger partial charge in [0.15, 0.2) is 0 Å². The second kappa shape index (κ2) is 5.30. The van der Waals surface area contributed by atoms with Crippen LogP contribution in [0, 0.1) is 0 Å². The molecule has 0 amide bonds. The molecule has 0 atom stereocenters. The molecule has 0 aromatic heterocycles. The topological polar surface area (TPSA) is 60.8 Å². The van der Waals surface area contributed by atoms with Crippen LogP contribution in [-0.4, -0.2) is 5.90 Å². The second-order valence-electron chi connectivity index (χ2n) is 3.53. The van der Waals surface area contributed by atoms with Gasteiger partial charge in [-0.3, -0.25) is 0 Å². The fraction of sp³-hybridized carbons (Fsp3) is 0.182. The molecule has 4 N–H and O–H groups in total. The molecule has 0 spiro atoms. The summed E-state index contributed by atoms with van der Waals surface area (Å²) in [7, 11) is 0. The van der Waals surface area contributed by atoms with E-state index >= 15 is 0 Å². The number of nitrogens with two attached hydrogens (primary N) is 2. The van der Waals surface area contributed by atoms with E-state index < -0.39 is 16.8 Å². The summed E-state index contributed by atoms with van der Waals surface area (Å²) in [6, 6.07) is 3.14. The van der Waals surface area contributed by atoms with Gasteiger partial charge in [-0.05, 0) is 25.1 Å². The molecular weight excluding hydrogens is 269 g/mol. The van der Waals surface area contributed by atoms with E-state index in [1.165, 1.54) is 12.1 Å². The molecule has 3 nitrogen and oxygen atoms in total. The van der Waals surface area contributed by atoms with Gasteiger partial charge in [0.1, 0.15) is 5.75 Å². The van der Waals surface area contributed by atoms with Crippen molar-refractivity contribution in [1.82, 2.24) is 0 Å². The number of ether oxygens (including phenoxy) is 1. The average molecular weight is 280 g/mol. The normalized spacial score (nSPS) is 12.4. The van der Waals surface area contributed by atoms with Crippen LogP contribution in [-0.2, 0) is 6.18 Å². The maximum Gasteiger partial charge on any atom is 0.417 e. The number of rotatable bonds is 2. The van der Waals surface area contributed by atoms with Crippen molar-refractivity contribution in [2.24, 2.45) is 5.73 Å². The molecule has 1 rings (SSSR count). The molecular formula is C11H11ClF3N2O+. The van der Waals surface area contributed by atoms with E-state index in [-0.39, 0.29) is 11.6 Å². The van der Waals surface area contributed by atoms with Crippen molar-refractivity contribution < 1.29 is 23.3 Å². The quantitative estimate of drug-likeness (QED) is 0.640. The highest BCUT2D eigenvalue weighted by Crippen LogP contribution is 2.36. The van der Waals surface area contributed by atoms with Gasteiger partial charge < -0.3 is 10.5 Å². The van der Waals surface area contributed by atoms with Gasteiger partial charge in [0.05, 0.1) is 16.7 Å². The summed E-state index contributed by atoms with van der Waals surface area (Å²) < 4.78 is 42.7. The number of allylic oxidation sites excluding steroid dienone is 1. The van der Waals surface area contributed by atoms with E-state index in [0.29, 0.717) is 5.70 Å². The first-order chi connectivity index (χ1) is 8.20. The van der Waals surface area contributed by atoms with Crippen molar-refractivity contribution in [3.8, 4) is 5.75 Å². The van der Waals surface area contributed by atoms with Gasteiger partial charge in [0.2, 0.25) is 0 Å². The Morgan fingerprint density at radius 3 is 2.56 bits per heavy atom. The lowest BCUT2D eigenvalue weighted by Gasteiger charge is -2.10. The zero-order valence-electron chi connectivity index (χ0n) is 9.38. The molecule has 18 heavy (non-hydrogen) atoms. The SMILES string of the molecule is C/C(N)=C/C(=[NH2+])Oc1ccc(Cl)c(C(F)(F)F)c1. The molecule has 0 aliphatic carbocycles. The second-order valence-corrected chi connectivity index (χ2v) is 3.94. The maximum absolute atomic E-state index is 12.6. The Balaban J connectivity index is 3.00. The Hall–Kier alpha value is -1.69. The molecule has 0 saturated heterocycles. The van der Waals surface area contributed by atoms with Crippen molar-refractivity contribution in [2.45, 2.75) is 13.1 Å². The van der Waals surface area contributed by atoms with Crippen LogP contribution < -0.4 is 15.9 Å². The van der Waals surface area contributed by atoms with Gasteiger partial charge in [-0.25, -0.2) is 5.41 Å². The molecule has 0 radical (unpaired) electrons. The van der Waals surface area contributed by atoms with Crippen molar-refractivity contribution >= 4 is 17.5 Å². The van der Waals surface area contributed by atoms with Gasteiger partial charge in [-0.1, -0.05) is 11.6 Å². The van der Waals surface area contributed by atoms with Crippen LogP contribution in [0.4, 0.5) is 13.2 Å².